The molecule has 3 heterocycles. The third-order valence-corrected chi connectivity index (χ3v) is 5.17. The number of halogens is 3. The molecule has 1 aliphatic heterocycles. The Morgan fingerprint density at radius 3 is 2.77 bits per heavy atom. The van der Waals surface area contributed by atoms with Crippen molar-refractivity contribution in [2.75, 3.05) is 18.4 Å². The van der Waals surface area contributed by atoms with Gasteiger partial charge in [0.1, 0.15) is 5.82 Å². The number of anilines is 1. The summed E-state index contributed by atoms with van der Waals surface area (Å²) in [7, 11) is 0. The molecule has 2 aromatic heterocycles. The van der Waals surface area contributed by atoms with E-state index in [-0.39, 0.29) is 11.7 Å². The van der Waals surface area contributed by atoms with Crippen molar-refractivity contribution in [1.29, 1.82) is 0 Å². The van der Waals surface area contributed by atoms with Crippen molar-refractivity contribution in [2.45, 2.75) is 45.0 Å². The van der Waals surface area contributed by atoms with Crippen LogP contribution in [0.25, 0.3) is 5.78 Å². The molecule has 0 unspecified atom stereocenters. The second-order valence-electron chi connectivity index (χ2n) is 7.35. The van der Waals surface area contributed by atoms with Crippen LogP contribution in [-0.4, -0.2) is 45.1 Å². The molecule has 1 aliphatic carbocycles. The van der Waals surface area contributed by atoms with E-state index in [0.717, 1.165) is 25.2 Å². The number of rotatable bonds is 5. The third kappa shape index (κ3) is 3.42. The minimum atomic E-state index is -4.84. The molecule has 1 saturated heterocycles. The van der Waals surface area contributed by atoms with Crippen LogP contribution in [0, 0.1) is 11.8 Å². The molecule has 2 aliphatic rings. The largest absolute Gasteiger partial charge is 0.575 e. The second-order valence-corrected chi connectivity index (χ2v) is 7.35. The lowest BCUT2D eigenvalue weighted by Gasteiger charge is -2.23. The van der Waals surface area contributed by atoms with Crippen molar-refractivity contribution in [2.24, 2.45) is 11.8 Å². The molecule has 4 rings (SSSR count). The Bertz CT molecular complexity index is 805. The highest BCUT2D eigenvalue weighted by molar-refractivity contribution is 5.46. The molecular weight excluding hydrogens is 349 g/mol. The van der Waals surface area contributed by atoms with Gasteiger partial charge in [0.15, 0.2) is 0 Å². The van der Waals surface area contributed by atoms with Gasteiger partial charge in [-0.05, 0) is 37.1 Å². The van der Waals surface area contributed by atoms with Gasteiger partial charge in [0, 0.05) is 18.7 Å². The van der Waals surface area contributed by atoms with Crippen molar-refractivity contribution in [3.8, 4) is 6.01 Å². The summed E-state index contributed by atoms with van der Waals surface area (Å²) in [5.41, 5.74) is 0.737. The molecule has 10 heteroatoms. The molecule has 0 spiro atoms. The van der Waals surface area contributed by atoms with Crippen LogP contribution in [0.4, 0.5) is 19.0 Å². The molecule has 2 aromatic rings. The van der Waals surface area contributed by atoms with Crippen molar-refractivity contribution in [3.63, 3.8) is 0 Å². The lowest BCUT2D eigenvalue weighted by Crippen LogP contribution is -2.33. The molecule has 3 atom stereocenters. The molecule has 0 amide bonds. The van der Waals surface area contributed by atoms with Gasteiger partial charge in [0.25, 0.3) is 5.78 Å². The fraction of sp³-hybridized carbons (Fsp3) is 0.688. The lowest BCUT2D eigenvalue weighted by molar-refractivity contribution is -0.277. The lowest BCUT2D eigenvalue weighted by atomic mass is 9.95. The standard InChI is InChI=1S/C16H21F3N6O/c1-8(2)12-5-13(21-7-10-4-11-3-9(10)6-20-11)25-14(22-12)23-15(24-25)26-16(17,18)19/h5,8-11,20-21H,3-4,6-7H2,1-2H3/t9-,10-,11-/m0/s1. The Balaban J connectivity index is 1.60. The number of nitrogens with one attached hydrogen (secondary N) is 2. The van der Waals surface area contributed by atoms with Crippen LogP contribution in [0.5, 0.6) is 6.01 Å². The first-order valence-electron chi connectivity index (χ1n) is 8.79. The van der Waals surface area contributed by atoms with Crippen molar-refractivity contribution in [1.82, 2.24) is 24.9 Å². The van der Waals surface area contributed by atoms with E-state index in [4.69, 9.17) is 0 Å². The Hall–Kier alpha value is -2.10. The first kappa shape index (κ1) is 17.3. The van der Waals surface area contributed by atoms with Crippen LogP contribution in [0.2, 0.25) is 0 Å². The van der Waals surface area contributed by atoms with Crippen molar-refractivity contribution >= 4 is 11.6 Å². The van der Waals surface area contributed by atoms with Crippen LogP contribution in [0.3, 0.4) is 0 Å². The first-order valence-corrected chi connectivity index (χ1v) is 8.79. The smallest absolute Gasteiger partial charge is 0.370 e. The van der Waals surface area contributed by atoms with Crippen molar-refractivity contribution in [3.05, 3.63) is 11.8 Å². The maximum absolute atomic E-state index is 12.5. The Kier molecular flexibility index (Phi) is 4.17. The Labute approximate surface area is 148 Å². The average Bonchev–Trinajstić information content (AvgIpc) is 3.24. The highest BCUT2D eigenvalue weighted by Gasteiger charge is 2.39. The summed E-state index contributed by atoms with van der Waals surface area (Å²) < 4.78 is 42.5. The van der Waals surface area contributed by atoms with Crippen LogP contribution >= 0.6 is 0 Å². The molecule has 0 aromatic carbocycles. The normalized spacial score (nSPS) is 25.4. The summed E-state index contributed by atoms with van der Waals surface area (Å²) in [5.74, 6) is 1.97. The van der Waals surface area contributed by atoms with Gasteiger partial charge in [-0.1, -0.05) is 13.8 Å². The predicted molar refractivity (Wildman–Crippen MR) is 88.0 cm³/mol. The van der Waals surface area contributed by atoms with Gasteiger partial charge in [-0.2, -0.15) is 9.50 Å². The average molecular weight is 370 g/mol. The summed E-state index contributed by atoms with van der Waals surface area (Å²) in [6.45, 7) is 5.71. The summed E-state index contributed by atoms with van der Waals surface area (Å²) in [6, 6.07) is 1.65. The zero-order valence-corrected chi connectivity index (χ0v) is 14.5. The van der Waals surface area contributed by atoms with Gasteiger partial charge in [-0.3, -0.25) is 0 Å². The fourth-order valence-corrected chi connectivity index (χ4v) is 3.87. The van der Waals surface area contributed by atoms with E-state index < -0.39 is 12.4 Å². The van der Waals surface area contributed by atoms with Gasteiger partial charge in [0.2, 0.25) is 0 Å². The van der Waals surface area contributed by atoms with Crippen LogP contribution in [0.15, 0.2) is 6.07 Å². The fourth-order valence-electron chi connectivity index (χ4n) is 3.87. The molecule has 2 bridgehead atoms. The molecule has 2 N–H and O–H groups in total. The number of piperidine rings is 1. The minimum Gasteiger partial charge on any atom is -0.370 e. The monoisotopic (exact) mass is 370 g/mol. The van der Waals surface area contributed by atoms with E-state index in [9.17, 15) is 13.2 Å². The number of ether oxygens (including phenoxy) is 1. The number of nitrogens with zero attached hydrogens (tertiary/aromatic N) is 4. The Morgan fingerprint density at radius 1 is 1.35 bits per heavy atom. The van der Waals surface area contributed by atoms with Gasteiger partial charge in [-0.25, -0.2) is 4.98 Å². The highest BCUT2D eigenvalue weighted by atomic mass is 19.4. The summed E-state index contributed by atoms with van der Waals surface area (Å²) >= 11 is 0. The van der Waals surface area contributed by atoms with E-state index in [1.165, 1.54) is 10.9 Å². The number of alkyl halides is 3. The number of aromatic nitrogens is 4. The molecule has 1 saturated carbocycles. The SMILES string of the molecule is CC(C)c1cc(NC[C@@H]2C[C@@H]3C[C@H]2CN3)n2nc(OC(F)(F)F)nc2n1. The van der Waals surface area contributed by atoms with Crippen molar-refractivity contribution < 1.29 is 17.9 Å². The minimum absolute atomic E-state index is 0.0903. The van der Waals surface area contributed by atoms with E-state index in [1.54, 1.807) is 0 Å². The topological polar surface area (TPSA) is 76.4 Å². The van der Waals surface area contributed by atoms with Gasteiger partial charge >= 0.3 is 12.4 Å². The summed E-state index contributed by atoms with van der Waals surface area (Å²) in [5, 5.41) is 10.6. The molecule has 26 heavy (non-hydrogen) atoms. The number of hydrogen-bond acceptors (Lipinski definition) is 6. The Morgan fingerprint density at radius 2 is 2.15 bits per heavy atom. The third-order valence-electron chi connectivity index (χ3n) is 5.17. The molecular formula is C16H21F3N6O. The molecule has 7 nitrogen and oxygen atoms in total. The number of hydrogen-bond donors (Lipinski definition) is 2. The van der Waals surface area contributed by atoms with Crippen LogP contribution < -0.4 is 15.4 Å². The van der Waals surface area contributed by atoms with Crippen LogP contribution in [0.1, 0.15) is 38.3 Å². The zero-order valence-electron chi connectivity index (χ0n) is 14.5. The first-order chi connectivity index (χ1) is 12.3. The van der Waals surface area contributed by atoms with E-state index >= 15 is 0 Å². The van der Waals surface area contributed by atoms with E-state index in [1.807, 2.05) is 19.9 Å². The van der Waals surface area contributed by atoms with E-state index in [0.29, 0.717) is 23.7 Å². The van der Waals surface area contributed by atoms with Gasteiger partial charge < -0.3 is 15.4 Å². The molecule has 2 fully saturated rings. The maximum Gasteiger partial charge on any atom is 0.575 e. The van der Waals surface area contributed by atoms with Crippen LogP contribution in [-0.2, 0) is 0 Å². The summed E-state index contributed by atoms with van der Waals surface area (Å²) in [6.07, 6.45) is -2.53. The van der Waals surface area contributed by atoms with Gasteiger partial charge in [-0.15, -0.1) is 18.3 Å². The highest BCUT2D eigenvalue weighted by Crippen LogP contribution is 2.36. The predicted octanol–water partition coefficient (Wildman–Crippen LogP) is 2.56. The maximum atomic E-state index is 12.5. The zero-order chi connectivity index (χ0) is 18.5. The quantitative estimate of drug-likeness (QED) is 0.843. The second kappa shape index (κ2) is 6.26. The summed E-state index contributed by atoms with van der Waals surface area (Å²) in [4.78, 5) is 8.06. The molecule has 142 valence electrons. The van der Waals surface area contributed by atoms with E-state index in [2.05, 4.69) is 30.4 Å². The number of fused-ring (bicyclic) bond motifs is 3. The molecule has 0 radical (unpaired) electrons. The van der Waals surface area contributed by atoms with Gasteiger partial charge in [0.05, 0.1) is 5.69 Å².